The van der Waals surface area contributed by atoms with Gasteiger partial charge in [0, 0.05) is 6.42 Å². The van der Waals surface area contributed by atoms with Crippen LogP contribution in [0.5, 0.6) is 0 Å². The van der Waals surface area contributed by atoms with E-state index >= 15 is 0 Å². The molecule has 4 heteroatoms. The lowest BCUT2D eigenvalue weighted by Crippen LogP contribution is -2.44. The number of nitrogens with one attached hydrogen (secondary N) is 1. The highest BCUT2D eigenvalue weighted by Crippen LogP contribution is 2.28. The van der Waals surface area contributed by atoms with Crippen LogP contribution in [0, 0.1) is 5.92 Å². The number of carboxylic acids is 1. The molecule has 1 aromatic rings. The summed E-state index contributed by atoms with van der Waals surface area (Å²) in [5.41, 5.74) is 1.06. The molecule has 0 aliphatic rings. The second kappa shape index (κ2) is 7.25. The Morgan fingerprint density at radius 2 is 1.76 bits per heavy atom. The molecule has 1 amide bonds. The summed E-state index contributed by atoms with van der Waals surface area (Å²) >= 11 is 0. The Balaban J connectivity index is 2.58. The van der Waals surface area contributed by atoms with E-state index in [1.165, 1.54) is 5.56 Å². The standard InChI is InChI=1S/C17H25NO3/c1-12(2)15(16(20)21)18-14(19)10-11-17(3,4)13-8-6-5-7-9-13/h5-9,12,15H,10-11H2,1-4H3,(H,18,19)(H,20,21)/t15-/m0/s1. The number of hydrogen-bond donors (Lipinski definition) is 2. The van der Waals surface area contributed by atoms with Crippen molar-refractivity contribution in [3.8, 4) is 0 Å². The minimum absolute atomic E-state index is 0.116. The molecule has 0 aliphatic heterocycles. The number of carboxylic acid groups (broad SMARTS) is 1. The quantitative estimate of drug-likeness (QED) is 0.811. The Kier molecular flexibility index (Phi) is 5.94. The van der Waals surface area contributed by atoms with Gasteiger partial charge >= 0.3 is 5.97 Å². The smallest absolute Gasteiger partial charge is 0.326 e. The molecule has 0 spiro atoms. The van der Waals surface area contributed by atoms with Gasteiger partial charge in [-0.3, -0.25) is 4.79 Å². The Hall–Kier alpha value is -1.84. The molecule has 0 radical (unpaired) electrons. The molecule has 0 unspecified atom stereocenters. The molecule has 1 aromatic carbocycles. The molecule has 21 heavy (non-hydrogen) atoms. The topological polar surface area (TPSA) is 66.4 Å². The van der Waals surface area contributed by atoms with E-state index in [4.69, 9.17) is 5.11 Å². The summed E-state index contributed by atoms with van der Waals surface area (Å²) in [6.45, 7) is 7.75. The molecule has 2 N–H and O–H groups in total. The molecule has 4 nitrogen and oxygen atoms in total. The fourth-order valence-corrected chi connectivity index (χ4v) is 2.22. The van der Waals surface area contributed by atoms with Crippen molar-refractivity contribution in [2.24, 2.45) is 5.92 Å². The van der Waals surface area contributed by atoms with Crippen molar-refractivity contribution in [1.29, 1.82) is 0 Å². The van der Waals surface area contributed by atoms with Crippen LogP contribution in [-0.4, -0.2) is 23.0 Å². The summed E-state index contributed by atoms with van der Waals surface area (Å²) in [7, 11) is 0. The van der Waals surface area contributed by atoms with Crippen LogP contribution in [0.4, 0.5) is 0 Å². The molecule has 0 saturated carbocycles. The van der Waals surface area contributed by atoms with Crippen LogP contribution in [0.1, 0.15) is 46.1 Å². The molecule has 1 rings (SSSR count). The molecular formula is C17H25NO3. The van der Waals surface area contributed by atoms with E-state index in [0.717, 1.165) is 0 Å². The lowest BCUT2D eigenvalue weighted by Gasteiger charge is -2.25. The lowest BCUT2D eigenvalue weighted by atomic mass is 9.80. The van der Waals surface area contributed by atoms with Gasteiger partial charge in [-0.15, -0.1) is 0 Å². The van der Waals surface area contributed by atoms with Crippen molar-refractivity contribution in [3.63, 3.8) is 0 Å². The first-order chi connectivity index (χ1) is 9.74. The highest BCUT2D eigenvalue weighted by Gasteiger charge is 2.25. The second-order valence-electron chi connectivity index (χ2n) is 6.38. The van der Waals surface area contributed by atoms with Crippen molar-refractivity contribution >= 4 is 11.9 Å². The fourth-order valence-electron chi connectivity index (χ4n) is 2.22. The van der Waals surface area contributed by atoms with Gasteiger partial charge in [0.2, 0.25) is 5.91 Å². The predicted octanol–water partition coefficient (Wildman–Crippen LogP) is 2.97. The number of aliphatic carboxylic acids is 1. The van der Waals surface area contributed by atoms with Gasteiger partial charge in [-0.05, 0) is 23.3 Å². The van der Waals surface area contributed by atoms with E-state index in [1.807, 2.05) is 30.3 Å². The van der Waals surface area contributed by atoms with Gasteiger partial charge in [0.05, 0.1) is 0 Å². The van der Waals surface area contributed by atoms with E-state index in [1.54, 1.807) is 13.8 Å². The van der Waals surface area contributed by atoms with Gasteiger partial charge < -0.3 is 10.4 Å². The highest BCUT2D eigenvalue weighted by molar-refractivity contribution is 5.83. The molecule has 116 valence electrons. The van der Waals surface area contributed by atoms with Gasteiger partial charge in [-0.2, -0.15) is 0 Å². The van der Waals surface area contributed by atoms with Gasteiger partial charge in [0.15, 0.2) is 0 Å². The summed E-state index contributed by atoms with van der Waals surface area (Å²) in [4.78, 5) is 23.1. The Labute approximate surface area is 126 Å². The van der Waals surface area contributed by atoms with Gasteiger partial charge in [-0.25, -0.2) is 4.79 Å². The molecule has 0 aromatic heterocycles. The van der Waals surface area contributed by atoms with Gasteiger partial charge in [0.1, 0.15) is 6.04 Å². The lowest BCUT2D eigenvalue weighted by molar-refractivity contribution is -0.143. The third-order valence-electron chi connectivity index (χ3n) is 3.78. The number of rotatable bonds is 7. The molecule has 0 heterocycles. The number of amides is 1. The zero-order valence-corrected chi connectivity index (χ0v) is 13.2. The second-order valence-corrected chi connectivity index (χ2v) is 6.38. The Bertz CT molecular complexity index is 480. The summed E-state index contributed by atoms with van der Waals surface area (Å²) in [6.07, 6.45) is 0.992. The van der Waals surface area contributed by atoms with Crippen LogP contribution in [0.15, 0.2) is 30.3 Å². The summed E-state index contributed by atoms with van der Waals surface area (Å²) in [6, 6.07) is 9.20. The number of hydrogen-bond acceptors (Lipinski definition) is 2. The Morgan fingerprint density at radius 3 is 2.24 bits per heavy atom. The fraction of sp³-hybridized carbons (Fsp3) is 0.529. The van der Waals surface area contributed by atoms with E-state index in [9.17, 15) is 9.59 Å². The SMILES string of the molecule is CC(C)[C@H](NC(=O)CCC(C)(C)c1ccccc1)C(=O)O. The third-order valence-corrected chi connectivity index (χ3v) is 3.78. The maximum atomic E-state index is 12.0. The maximum absolute atomic E-state index is 12.0. The minimum atomic E-state index is -0.985. The van der Waals surface area contributed by atoms with Crippen LogP contribution in [-0.2, 0) is 15.0 Å². The van der Waals surface area contributed by atoms with E-state index in [0.29, 0.717) is 12.8 Å². The van der Waals surface area contributed by atoms with Crippen LogP contribution in [0.25, 0.3) is 0 Å². The van der Waals surface area contributed by atoms with Gasteiger partial charge in [-0.1, -0.05) is 58.0 Å². The predicted molar refractivity (Wildman–Crippen MR) is 83.1 cm³/mol. The molecule has 1 atom stereocenters. The third kappa shape index (κ3) is 5.21. The van der Waals surface area contributed by atoms with Crippen molar-refractivity contribution < 1.29 is 14.7 Å². The van der Waals surface area contributed by atoms with E-state index in [2.05, 4.69) is 19.2 Å². The van der Waals surface area contributed by atoms with Crippen molar-refractivity contribution in [2.45, 2.75) is 52.0 Å². The minimum Gasteiger partial charge on any atom is -0.480 e. The van der Waals surface area contributed by atoms with E-state index in [-0.39, 0.29) is 17.2 Å². The molecule has 0 saturated heterocycles. The van der Waals surface area contributed by atoms with Crippen molar-refractivity contribution in [1.82, 2.24) is 5.32 Å². The first-order valence-electron chi connectivity index (χ1n) is 7.32. The number of carbonyl (C=O) groups is 2. The molecule has 0 bridgehead atoms. The average Bonchev–Trinajstić information content (AvgIpc) is 2.43. The molecule has 0 fully saturated rings. The zero-order valence-electron chi connectivity index (χ0n) is 13.2. The molecule has 0 aliphatic carbocycles. The largest absolute Gasteiger partial charge is 0.480 e. The number of carbonyl (C=O) groups excluding carboxylic acids is 1. The van der Waals surface area contributed by atoms with Crippen molar-refractivity contribution in [3.05, 3.63) is 35.9 Å². The van der Waals surface area contributed by atoms with Crippen molar-refractivity contribution in [2.75, 3.05) is 0 Å². The maximum Gasteiger partial charge on any atom is 0.326 e. The summed E-state index contributed by atoms with van der Waals surface area (Å²) < 4.78 is 0. The molecular weight excluding hydrogens is 266 g/mol. The monoisotopic (exact) mass is 291 g/mol. The average molecular weight is 291 g/mol. The van der Waals surface area contributed by atoms with Crippen LogP contribution >= 0.6 is 0 Å². The van der Waals surface area contributed by atoms with Crippen LogP contribution < -0.4 is 5.32 Å². The summed E-state index contributed by atoms with van der Waals surface area (Å²) in [5, 5.41) is 11.7. The number of benzene rings is 1. The highest BCUT2D eigenvalue weighted by atomic mass is 16.4. The first kappa shape index (κ1) is 17.2. The Morgan fingerprint density at radius 1 is 1.19 bits per heavy atom. The first-order valence-corrected chi connectivity index (χ1v) is 7.32. The summed E-state index contributed by atoms with van der Waals surface area (Å²) in [5.74, 6) is -1.32. The van der Waals surface area contributed by atoms with Gasteiger partial charge in [0.25, 0.3) is 0 Å². The van der Waals surface area contributed by atoms with Crippen LogP contribution in [0.3, 0.4) is 0 Å². The normalized spacial score (nSPS) is 13.0. The zero-order chi connectivity index (χ0) is 16.0. The van der Waals surface area contributed by atoms with E-state index < -0.39 is 12.0 Å². The van der Waals surface area contributed by atoms with Crippen LogP contribution in [0.2, 0.25) is 0 Å².